The van der Waals surface area contributed by atoms with Crippen LogP contribution in [0.3, 0.4) is 0 Å². The number of hydrogen-bond donors (Lipinski definition) is 2. The summed E-state index contributed by atoms with van der Waals surface area (Å²) in [7, 11) is 1.19. The van der Waals surface area contributed by atoms with Crippen molar-refractivity contribution in [2.24, 2.45) is 0 Å². The maximum absolute atomic E-state index is 13.7. The molecule has 2 N–H and O–H groups in total. The Hall–Kier alpha value is -3.26. The Morgan fingerprint density at radius 2 is 1.81 bits per heavy atom. The molecule has 1 rings (SSSR count). The first-order chi connectivity index (χ1) is 17.0. The first kappa shape index (κ1) is 30.8. The third-order valence-corrected chi connectivity index (χ3v) is 5.67. The number of carbonyl (C=O) groups is 4. The number of methoxy groups -OCH3 is 1. The summed E-state index contributed by atoms with van der Waals surface area (Å²) < 4.78 is 9.90. The Labute approximate surface area is 217 Å². The fourth-order valence-electron chi connectivity index (χ4n) is 3.25. The van der Waals surface area contributed by atoms with Crippen molar-refractivity contribution >= 4 is 35.6 Å². The zero-order chi connectivity index (χ0) is 27.3. The van der Waals surface area contributed by atoms with Crippen LogP contribution in [0, 0.1) is 11.3 Å². The third-order valence-electron chi connectivity index (χ3n) is 5.02. The van der Waals surface area contributed by atoms with Gasteiger partial charge in [0, 0.05) is 0 Å². The molecular formula is C25H36N4O6S. The van der Waals surface area contributed by atoms with Gasteiger partial charge >= 0.3 is 12.1 Å². The molecule has 0 saturated carbocycles. The van der Waals surface area contributed by atoms with Crippen molar-refractivity contribution in [2.75, 3.05) is 32.2 Å². The van der Waals surface area contributed by atoms with Crippen LogP contribution in [0.4, 0.5) is 4.79 Å². The average Bonchev–Trinajstić information content (AvgIpc) is 2.83. The molecule has 11 heteroatoms. The lowest BCUT2D eigenvalue weighted by molar-refractivity contribution is -0.144. The molecule has 0 fully saturated rings. The molecule has 198 valence electrons. The highest BCUT2D eigenvalue weighted by Gasteiger charge is 2.36. The van der Waals surface area contributed by atoms with E-state index in [2.05, 4.69) is 15.4 Å². The quantitative estimate of drug-likeness (QED) is 0.317. The molecule has 2 unspecified atom stereocenters. The Kier molecular flexibility index (Phi) is 12.8. The maximum atomic E-state index is 13.7. The van der Waals surface area contributed by atoms with E-state index >= 15 is 0 Å². The van der Waals surface area contributed by atoms with Crippen molar-refractivity contribution in [3.63, 3.8) is 0 Å². The summed E-state index contributed by atoms with van der Waals surface area (Å²) in [5.41, 5.74) is 0.704. The van der Waals surface area contributed by atoms with Gasteiger partial charge < -0.3 is 25.0 Å². The predicted molar refractivity (Wildman–Crippen MR) is 137 cm³/mol. The molecule has 2 atom stereocenters. The molecule has 0 spiro atoms. The highest BCUT2D eigenvalue weighted by molar-refractivity contribution is 7.98. The molecule has 0 heterocycles. The van der Waals surface area contributed by atoms with Gasteiger partial charge in [0.05, 0.1) is 13.2 Å². The summed E-state index contributed by atoms with van der Waals surface area (Å²) in [5.74, 6) is -1.40. The second-order valence-corrected chi connectivity index (χ2v) is 9.88. The normalized spacial score (nSPS) is 12.5. The minimum absolute atomic E-state index is 0.256. The highest BCUT2D eigenvalue weighted by Crippen LogP contribution is 2.24. The van der Waals surface area contributed by atoms with Gasteiger partial charge in [-0.05, 0) is 56.7 Å². The van der Waals surface area contributed by atoms with E-state index in [0.717, 1.165) is 16.9 Å². The first-order valence-electron chi connectivity index (χ1n) is 11.6. The van der Waals surface area contributed by atoms with Crippen LogP contribution in [-0.2, 0) is 30.3 Å². The van der Waals surface area contributed by atoms with E-state index in [1.165, 1.54) is 18.9 Å². The van der Waals surface area contributed by atoms with Gasteiger partial charge in [0.15, 0.2) is 0 Å². The van der Waals surface area contributed by atoms with Gasteiger partial charge in [-0.1, -0.05) is 31.2 Å². The lowest BCUT2D eigenvalue weighted by Gasteiger charge is -2.33. The van der Waals surface area contributed by atoms with Crippen LogP contribution >= 0.6 is 11.8 Å². The molecule has 0 aromatic heterocycles. The van der Waals surface area contributed by atoms with Crippen LogP contribution in [0.15, 0.2) is 24.3 Å². The average molecular weight is 521 g/mol. The number of aryl methyl sites for hydroxylation is 1. The van der Waals surface area contributed by atoms with E-state index in [0.29, 0.717) is 11.3 Å². The molecule has 0 bridgehead atoms. The van der Waals surface area contributed by atoms with Gasteiger partial charge in [-0.3, -0.25) is 14.4 Å². The second kappa shape index (κ2) is 15.0. The van der Waals surface area contributed by atoms with Crippen molar-refractivity contribution in [1.82, 2.24) is 15.5 Å². The van der Waals surface area contributed by atoms with E-state index in [4.69, 9.17) is 4.74 Å². The molecule has 36 heavy (non-hydrogen) atoms. The summed E-state index contributed by atoms with van der Waals surface area (Å²) in [4.78, 5) is 52.1. The summed E-state index contributed by atoms with van der Waals surface area (Å²) in [6.45, 7) is 6.27. The molecule has 3 amide bonds. The predicted octanol–water partition coefficient (Wildman–Crippen LogP) is 2.58. The lowest BCUT2D eigenvalue weighted by atomic mass is 10.00. The number of esters is 1. The van der Waals surface area contributed by atoms with Gasteiger partial charge in [-0.15, -0.1) is 0 Å². The lowest BCUT2D eigenvalue weighted by Crippen LogP contribution is -2.53. The molecule has 1 aromatic rings. The minimum atomic E-state index is -1.22. The fourth-order valence-corrected chi connectivity index (χ4v) is 3.72. The van der Waals surface area contributed by atoms with Crippen molar-refractivity contribution in [3.8, 4) is 6.07 Å². The summed E-state index contributed by atoms with van der Waals surface area (Å²) in [6.07, 6.45) is 2.11. The van der Waals surface area contributed by atoms with Gasteiger partial charge in [0.25, 0.3) is 0 Å². The zero-order valence-electron chi connectivity index (χ0n) is 21.8. The van der Waals surface area contributed by atoms with Crippen LogP contribution in [-0.4, -0.2) is 72.6 Å². The third kappa shape index (κ3) is 10.2. The minimum Gasteiger partial charge on any atom is -0.468 e. The number of nitriles is 1. The zero-order valence-corrected chi connectivity index (χ0v) is 22.6. The number of ether oxygens (including phenoxy) is 2. The Morgan fingerprint density at radius 3 is 2.31 bits per heavy atom. The van der Waals surface area contributed by atoms with Crippen LogP contribution in [0.5, 0.6) is 0 Å². The Bertz CT molecular complexity index is 939. The van der Waals surface area contributed by atoms with Crippen LogP contribution < -0.4 is 10.6 Å². The molecular weight excluding hydrogens is 484 g/mol. The molecule has 0 aliphatic rings. The van der Waals surface area contributed by atoms with Crippen LogP contribution in [0.2, 0.25) is 0 Å². The molecule has 1 aromatic carbocycles. The summed E-state index contributed by atoms with van der Waals surface area (Å²) in [6, 6.07) is 6.75. The summed E-state index contributed by atoms with van der Waals surface area (Å²) in [5, 5.41) is 14.6. The Balaban J connectivity index is 3.40. The van der Waals surface area contributed by atoms with Gasteiger partial charge in [0.1, 0.15) is 30.8 Å². The standard InChI is InChI=1S/C25H36N4O6S/c1-7-17-8-10-18(11-9-17)21(22(31)27-16-20(30)34-5)29(14-13-26)23(32)19(12-15-36-6)28-24(33)35-25(2,3)4/h8-11,19,21H,7,12,14-16H2,1-6H3,(H,27,31)(H,28,33). The number of amides is 3. The van der Waals surface area contributed by atoms with Gasteiger partial charge in [-0.2, -0.15) is 17.0 Å². The SMILES string of the molecule is CCc1ccc(C(C(=O)NCC(=O)OC)N(CC#N)C(=O)C(CCSC)NC(=O)OC(C)(C)C)cc1. The molecule has 10 nitrogen and oxygen atoms in total. The largest absolute Gasteiger partial charge is 0.468 e. The van der Waals surface area contributed by atoms with Crippen molar-refractivity contribution in [3.05, 3.63) is 35.4 Å². The Morgan fingerprint density at radius 1 is 1.17 bits per heavy atom. The molecule has 0 saturated heterocycles. The van der Waals surface area contributed by atoms with Gasteiger partial charge in [-0.25, -0.2) is 4.79 Å². The maximum Gasteiger partial charge on any atom is 0.408 e. The molecule has 0 aliphatic carbocycles. The number of benzene rings is 1. The van der Waals surface area contributed by atoms with E-state index in [1.54, 1.807) is 32.9 Å². The van der Waals surface area contributed by atoms with E-state index in [9.17, 15) is 24.4 Å². The number of carbonyl (C=O) groups excluding carboxylic acids is 4. The van der Waals surface area contributed by atoms with Crippen LogP contribution in [0.25, 0.3) is 0 Å². The number of thioether (sulfide) groups is 1. The molecule has 0 aliphatic heterocycles. The topological polar surface area (TPSA) is 138 Å². The van der Waals surface area contributed by atoms with Crippen molar-refractivity contribution in [1.29, 1.82) is 5.26 Å². The van der Waals surface area contributed by atoms with Gasteiger partial charge in [0.2, 0.25) is 11.8 Å². The van der Waals surface area contributed by atoms with E-state index < -0.39 is 54.7 Å². The molecule has 0 radical (unpaired) electrons. The van der Waals surface area contributed by atoms with Crippen molar-refractivity contribution < 1.29 is 28.7 Å². The smallest absolute Gasteiger partial charge is 0.408 e. The van der Waals surface area contributed by atoms with E-state index in [1.807, 2.05) is 31.4 Å². The number of rotatable bonds is 12. The van der Waals surface area contributed by atoms with Crippen molar-refractivity contribution in [2.45, 2.75) is 58.2 Å². The number of nitrogens with zero attached hydrogens (tertiary/aromatic N) is 2. The number of alkyl carbamates (subject to hydrolysis) is 1. The first-order valence-corrected chi connectivity index (χ1v) is 13.0. The van der Waals surface area contributed by atoms with Crippen LogP contribution in [0.1, 0.15) is 51.3 Å². The van der Waals surface area contributed by atoms with E-state index in [-0.39, 0.29) is 6.42 Å². The number of nitrogens with one attached hydrogen (secondary N) is 2. The highest BCUT2D eigenvalue weighted by atomic mass is 32.2. The number of hydrogen-bond acceptors (Lipinski definition) is 8. The summed E-state index contributed by atoms with van der Waals surface area (Å²) >= 11 is 1.48. The fraction of sp³-hybridized carbons (Fsp3) is 0.560. The monoisotopic (exact) mass is 520 g/mol. The second-order valence-electron chi connectivity index (χ2n) is 8.90.